The minimum atomic E-state index is -0.357. The average molecular weight is 587 g/mol. The summed E-state index contributed by atoms with van der Waals surface area (Å²) in [6, 6.07) is 20.0. The molecule has 0 saturated carbocycles. The van der Waals surface area contributed by atoms with E-state index >= 15 is 0 Å². The Kier molecular flexibility index (Phi) is 7.75. The maximum atomic E-state index is 13.6. The molecule has 10 heteroatoms. The number of nitrogens with one attached hydrogen (secondary N) is 2. The first-order valence-electron chi connectivity index (χ1n) is 13.8. The molecule has 1 fully saturated rings. The number of halogens is 1. The third kappa shape index (κ3) is 5.92. The molecule has 1 aromatic heterocycles. The molecule has 3 aliphatic heterocycles. The van der Waals surface area contributed by atoms with Gasteiger partial charge in [-0.25, -0.2) is 4.98 Å². The molecule has 2 atom stereocenters. The number of carbonyl (C=O) groups is 2. The fourth-order valence-electron chi connectivity index (χ4n) is 5.34. The standard InChI is InChI=1S/C32H31ClN4O5/c1-19-3-4-21-14-28(19)41-18-31(38)34-16-22-5-8-24(15-29(22)40-2)42-27-11-12-37(17-26(27)36-32(21)39)30-10-6-20-13-23(33)7-9-25(20)35-30/h3-10,13-15,26-27H,11-12,16-18H2,1-2H3,(H,34,38)(H,36,39)/t26-,27+/m0/s1. The van der Waals surface area contributed by atoms with Crippen LogP contribution in [-0.4, -0.2) is 55.8 Å². The number of amides is 2. The van der Waals surface area contributed by atoms with Gasteiger partial charge in [0.15, 0.2) is 6.61 Å². The number of piperidine rings is 1. The van der Waals surface area contributed by atoms with Crippen molar-refractivity contribution in [3.05, 3.63) is 88.4 Å². The number of aryl methyl sites for hydroxylation is 1. The van der Waals surface area contributed by atoms with Gasteiger partial charge in [-0.1, -0.05) is 17.7 Å². The van der Waals surface area contributed by atoms with Crippen LogP contribution >= 0.6 is 11.6 Å². The molecule has 2 N–H and O–H groups in total. The smallest absolute Gasteiger partial charge is 0.258 e. The summed E-state index contributed by atoms with van der Waals surface area (Å²) in [6.45, 7) is 3.14. The van der Waals surface area contributed by atoms with Crippen molar-refractivity contribution >= 4 is 40.1 Å². The Morgan fingerprint density at radius 3 is 2.79 bits per heavy atom. The molecule has 3 aliphatic rings. The Hall–Kier alpha value is -4.50. The van der Waals surface area contributed by atoms with Crippen LogP contribution in [0.4, 0.5) is 5.82 Å². The Labute approximate surface area is 248 Å². The van der Waals surface area contributed by atoms with Gasteiger partial charge in [-0.05, 0) is 67.1 Å². The van der Waals surface area contributed by atoms with Gasteiger partial charge in [-0.2, -0.15) is 0 Å². The van der Waals surface area contributed by atoms with Crippen LogP contribution in [0, 0.1) is 6.92 Å². The van der Waals surface area contributed by atoms with Crippen LogP contribution < -0.4 is 29.7 Å². The predicted molar refractivity (Wildman–Crippen MR) is 161 cm³/mol. The lowest BCUT2D eigenvalue weighted by Gasteiger charge is -2.39. The summed E-state index contributed by atoms with van der Waals surface area (Å²) in [5.74, 6) is 1.96. The van der Waals surface area contributed by atoms with Gasteiger partial charge < -0.3 is 29.7 Å². The molecule has 2 amide bonds. The number of aromatic nitrogens is 1. The SMILES string of the molecule is COc1cc2ccc1CNC(=O)COc1cc(ccc1C)C(=O)N[C@H]1CN(c3ccc4cc(Cl)ccc4n3)CC[C@H]1O2. The Morgan fingerprint density at radius 1 is 1.05 bits per heavy atom. The Morgan fingerprint density at radius 2 is 1.93 bits per heavy atom. The van der Waals surface area contributed by atoms with E-state index in [0.717, 1.165) is 27.8 Å². The summed E-state index contributed by atoms with van der Waals surface area (Å²) in [7, 11) is 1.58. The van der Waals surface area contributed by atoms with Gasteiger partial charge in [0, 0.05) is 53.7 Å². The monoisotopic (exact) mass is 586 g/mol. The number of hydrogen-bond donors (Lipinski definition) is 2. The van der Waals surface area contributed by atoms with Crippen molar-refractivity contribution in [2.75, 3.05) is 31.7 Å². The molecule has 1 saturated heterocycles. The molecule has 4 heterocycles. The van der Waals surface area contributed by atoms with E-state index in [4.69, 9.17) is 30.8 Å². The molecule has 3 aromatic carbocycles. The van der Waals surface area contributed by atoms with Crippen molar-refractivity contribution in [3.63, 3.8) is 0 Å². The number of hydrogen-bond acceptors (Lipinski definition) is 7. The minimum absolute atomic E-state index is 0.181. The highest BCUT2D eigenvalue weighted by molar-refractivity contribution is 6.31. The number of methoxy groups -OCH3 is 1. The van der Waals surface area contributed by atoms with Gasteiger partial charge >= 0.3 is 0 Å². The van der Waals surface area contributed by atoms with E-state index in [1.165, 1.54) is 0 Å². The fraction of sp³-hybridized carbons (Fsp3) is 0.281. The van der Waals surface area contributed by atoms with Gasteiger partial charge in [-0.3, -0.25) is 9.59 Å². The summed E-state index contributed by atoms with van der Waals surface area (Å²) in [5.41, 5.74) is 2.91. The number of fused-ring (bicyclic) bond motifs is 8. The maximum absolute atomic E-state index is 13.6. The topological polar surface area (TPSA) is 102 Å². The highest BCUT2D eigenvalue weighted by atomic mass is 35.5. The summed E-state index contributed by atoms with van der Waals surface area (Å²) >= 11 is 6.16. The van der Waals surface area contributed by atoms with E-state index in [2.05, 4.69) is 15.5 Å². The zero-order valence-corrected chi connectivity index (χ0v) is 24.1. The van der Waals surface area contributed by atoms with Crippen LogP contribution in [0.25, 0.3) is 10.9 Å². The van der Waals surface area contributed by atoms with E-state index in [1.807, 2.05) is 61.5 Å². The molecule has 216 valence electrons. The van der Waals surface area contributed by atoms with Gasteiger partial charge in [-0.15, -0.1) is 0 Å². The molecular formula is C32H31ClN4O5. The second-order valence-electron chi connectivity index (χ2n) is 10.5. The lowest BCUT2D eigenvalue weighted by Crippen LogP contribution is -2.57. The van der Waals surface area contributed by atoms with Crippen LogP contribution in [0.15, 0.2) is 66.7 Å². The summed E-state index contributed by atoms with van der Waals surface area (Å²) in [5, 5.41) is 7.69. The van der Waals surface area contributed by atoms with Crippen molar-refractivity contribution < 1.29 is 23.8 Å². The third-order valence-electron chi connectivity index (χ3n) is 7.66. The van der Waals surface area contributed by atoms with Crippen molar-refractivity contribution in [1.82, 2.24) is 15.6 Å². The molecule has 7 rings (SSSR count). The first-order valence-corrected chi connectivity index (χ1v) is 14.2. The molecule has 0 unspecified atom stereocenters. The molecule has 0 radical (unpaired) electrons. The van der Waals surface area contributed by atoms with E-state index in [-0.39, 0.29) is 37.1 Å². The van der Waals surface area contributed by atoms with Crippen LogP contribution in [0.5, 0.6) is 17.2 Å². The lowest BCUT2D eigenvalue weighted by molar-refractivity contribution is -0.123. The molecule has 42 heavy (non-hydrogen) atoms. The number of carbonyl (C=O) groups excluding carboxylic acids is 2. The van der Waals surface area contributed by atoms with Gasteiger partial charge in [0.05, 0.1) is 18.7 Å². The lowest BCUT2D eigenvalue weighted by atomic mass is 10.0. The second kappa shape index (κ2) is 11.8. The molecule has 9 nitrogen and oxygen atoms in total. The normalized spacial score (nSPS) is 19.2. The van der Waals surface area contributed by atoms with Gasteiger partial charge in [0.1, 0.15) is 29.2 Å². The quantitative estimate of drug-likeness (QED) is 0.352. The second-order valence-corrected chi connectivity index (χ2v) is 10.9. The third-order valence-corrected chi connectivity index (χ3v) is 7.89. The molecule has 4 bridgehead atoms. The molecular weight excluding hydrogens is 556 g/mol. The molecule has 0 aliphatic carbocycles. The van der Waals surface area contributed by atoms with Crippen LogP contribution in [0.2, 0.25) is 5.02 Å². The highest BCUT2D eigenvalue weighted by Crippen LogP contribution is 2.30. The van der Waals surface area contributed by atoms with Crippen LogP contribution in [-0.2, 0) is 11.3 Å². The highest BCUT2D eigenvalue weighted by Gasteiger charge is 2.33. The molecule has 4 aromatic rings. The van der Waals surface area contributed by atoms with E-state index in [9.17, 15) is 9.59 Å². The average Bonchev–Trinajstić information content (AvgIpc) is 3.00. The number of anilines is 1. The number of pyridine rings is 1. The predicted octanol–water partition coefficient (Wildman–Crippen LogP) is 4.67. The molecule has 0 spiro atoms. The van der Waals surface area contributed by atoms with E-state index < -0.39 is 0 Å². The van der Waals surface area contributed by atoms with Gasteiger partial charge in [0.2, 0.25) is 0 Å². The maximum Gasteiger partial charge on any atom is 0.258 e. The Bertz CT molecular complexity index is 1660. The minimum Gasteiger partial charge on any atom is -0.496 e. The number of benzene rings is 3. The fourth-order valence-corrected chi connectivity index (χ4v) is 5.52. The number of ether oxygens (including phenoxy) is 3. The van der Waals surface area contributed by atoms with E-state index in [0.29, 0.717) is 47.3 Å². The van der Waals surface area contributed by atoms with Crippen LogP contribution in [0.3, 0.4) is 0 Å². The van der Waals surface area contributed by atoms with Crippen molar-refractivity contribution in [3.8, 4) is 17.2 Å². The first-order chi connectivity index (χ1) is 20.4. The summed E-state index contributed by atoms with van der Waals surface area (Å²) in [4.78, 5) is 33.1. The van der Waals surface area contributed by atoms with Crippen molar-refractivity contribution in [2.24, 2.45) is 0 Å². The largest absolute Gasteiger partial charge is 0.496 e. The number of nitrogens with zero attached hydrogens (tertiary/aromatic N) is 2. The van der Waals surface area contributed by atoms with E-state index in [1.54, 1.807) is 19.2 Å². The summed E-state index contributed by atoms with van der Waals surface area (Å²) < 4.78 is 17.9. The van der Waals surface area contributed by atoms with Crippen molar-refractivity contribution in [2.45, 2.75) is 32.0 Å². The van der Waals surface area contributed by atoms with Gasteiger partial charge in [0.25, 0.3) is 11.8 Å². The zero-order chi connectivity index (χ0) is 29.2. The summed E-state index contributed by atoms with van der Waals surface area (Å²) in [6.07, 6.45) is 0.338. The zero-order valence-electron chi connectivity index (χ0n) is 23.4. The van der Waals surface area contributed by atoms with Crippen molar-refractivity contribution in [1.29, 1.82) is 0 Å². The number of rotatable bonds is 2. The first kappa shape index (κ1) is 27.7. The van der Waals surface area contributed by atoms with Crippen LogP contribution in [0.1, 0.15) is 27.9 Å². The Balaban J connectivity index is 1.33.